The van der Waals surface area contributed by atoms with Crippen molar-refractivity contribution < 1.29 is 9.59 Å². The zero-order valence-corrected chi connectivity index (χ0v) is 11.8. The summed E-state index contributed by atoms with van der Waals surface area (Å²) in [6.07, 6.45) is 0. The first kappa shape index (κ1) is 14.6. The van der Waals surface area contributed by atoms with E-state index in [0.29, 0.717) is 16.9 Å². The number of nitrogens with zero attached hydrogens (tertiary/aromatic N) is 2. The summed E-state index contributed by atoms with van der Waals surface area (Å²) >= 11 is 0. The second kappa shape index (κ2) is 6.09. The Morgan fingerprint density at radius 2 is 1.57 bits per heavy atom. The highest BCUT2D eigenvalue weighted by Crippen LogP contribution is 2.30. The molecule has 0 amide bonds. The highest BCUT2D eigenvalue weighted by atomic mass is 16.1. The number of carbonyl (C=O) groups excluding carboxylic acids is 2. The van der Waals surface area contributed by atoms with Gasteiger partial charge in [-0.1, -0.05) is 18.2 Å². The number of carbonyl (C=O) groups is 2. The first-order valence-electron chi connectivity index (χ1n) is 6.42. The topological polar surface area (TPSA) is 84.9 Å². The number of ketones is 2. The van der Waals surface area contributed by atoms with E-state index < -0.39 is 0 Å². The number of hydrogen-bond donors (Lipinski definition) is 1. The molecule has 0 heterocycles. The van der Waals surface area contributed by atoms with Crippen molar-refractivity contribution >= 4 is 28.6 Å². The average Bonchev–Trinajstić information content (AvgIpc) is 2.46. The van der Waals surface area contributed by atoms with Gasteiger partial charge in [0.25, 0.3) is 0 Å². The molecule has 21 heavy (non-hydrogen) atoms. The van der Waals surface area contributed by atoms with Crippen LogP contribution in [0.15, 0.2) is 52.7 Å². The predicted octanol–water partition coefficient (Wildman–Crippen LogP) is 4.09. The van der Waals surface area contributed by atoms with Crippen LogP contribution >= 0.6 is 0 Å². The van der Waals surface area contributed by atoms with E-state index in [1.54, 1.807) is 24.3 Å². The quantitative estimate of drug-likeness (QED) is 0.520. The molecule has 2 aromatic carbocycles. The molecule has 0 saturated carbocycles. The van der Waals surface area contributed by atoms with E-state index in [1.165, 1.54) is 13.8 Å². The minimum absolute atomic E-state index is 0.176. The van der Waals surface area contributed by atoms with Crippen LogP contribution in [0.25, 0.3) is 0 Å². The predicted molar refractivity (Wildman–Crippen MR) is 81.5 cm³/mol. The van der Waals surface area contributed by atoms with Crippen LogP contribution < -0.4 is 5.73 Å². The number of benzene rings is 2. The Kier molecular flexibility index (Phi) is 4.23. The lowest BCUT2D eigenvalue weighted by molar-refractivity contribution is 0.0981. The summed E-state index contributed by atoms with van der Waals surface area (Å²) in [4.78, 5) is 23.3. The summed E-state index contributed by atoms with van der Waals surface area (Å²) in [6, 6.07) is 12.3. The molecule has 5 nitrogen and oxygen atoms in total. The molecule has 0 aromatic heterocycles. The van der Waals surface area contributed by atoms with Crippen molar-refractivity contribution in [1.29, 1.82) is 0 Å². The van der Waals surface area contributed by atoms with E-state index in [4.69, 9.17) is 5.73 Å². The van der Waals surface area contributed by atoms with Crippen molar-refractivity contribution in [2.45, 2.75) is 13.8 Å². The summed E-state index contributed by atoms with van der Waals surface area (Å²) in [5.74, 6) is -0.479. The third-order valence-electron chi connectivity index (χ3n) is 2.98. The van der Waals surface area contributed by atoms with Crippen LogP contribution in [0.2, 0.25) is 0 Å². The Labute approximate surface area is 122 Å². The molecular formula is C16H15N3O2. The lowest BCUT2D eigenvalue weighted by atomic mass is 9.98. The third kappa shape index (κ3) is 3.20. The van der Waals surface area contributed by atoms with Gasteiger partial charge in [0.15, 0.2) is 11.6 Å². The number of nitrogen functional groups attached to an aromatic ring is 1. The second-order valence-electron chi connectivity index (χ2n) is 4.57. The molecule has 2 N–H and O–H groups in total. The van der Waals surface area contributed by atoms with Gasteiger partial charge < -0.3 is 5.73 Å². The number of anilines is 1. The zero-order valence-electron chi connectivity index (χ0n) is 11.8. The second-order valence-corrected chi connectivity index (χ2v) is 4.57. The maximum Gasteiger partial charge on any atom is 0.162 e. The molecule has 106 valence electrons. The monoisotopic (exact) mass is 281 g/mol. The fourth-order valence-corrected chi connectivity index (χ4v) is 1.97. The van der Waals surface area contributed by atoms with E-state index in [0.717, 1.165) is 0 Å². The Morgan fingerprint density at radius 3 is 2.14 bits per heavy atom. The first-order chi connectivity index (χ1) is 10.0. The lowest BCUT2D eigenvalue weighted by Crippen LogP contribution is -2.08. The van der Waals surface area contributed by atoms with Crippen molar-refractivity contribution in [3.05, 3.63) is 53.6 Å². The van der Waals surface area contributed by atoms with Gasteiger partial charge in [0.05, 0.1) is 16.9 Å². The van der Waals surface area contributed by atoms with Gasteiger partial charge >= 0.3 is 0 Å². The molecular weight excluding hydrogens is 266 g/mol. The van der Waals surface area contributed by atoms with E-state index in [9.17, 15) is 9.59 Å². The van der Waals surface area contributed by atoms with Crippen LogP contribution in [-0.4, -0.2) is 11.6 Å². The molecule has 0 aliphatic carbocycles. The SMILES string of the molecule is CC(=O)c1ccc(N=Nc2ccccc2)c(N)c1C(C)=O. The van der Waals surface area contributed by atoms with E-state index in [2.05, 4.69) is 10.2 Å². The van der Waals surface area contributed by atoms with Gasteiger partial charge in [-0.3, -0.25) is 9.59 Å². The number of azo groups is 1. The molecule has 0 aliphatic rings. The first-order valence-corrected chi connectivity index (χ1v) is 6.42. The van der Waals surface area contributed by atoms with E-state index in [1.807, 2.05) is 18.2 Å². The van der Waals surface area contributed by atoms with E-state index >= 15 is 0 Å². The summed E-state index contributed by atoms with van der Waals surface area (Å²) in [6.45, 7) is 2.77. The molecule has 0 spiro atoms. The molecule has 0 radical (unpaired) electrons. The molecule has 2 rings (SSSR count). The summed E-state index contributed by atoms with van der Waals surface area (Å²) in [7, 11) is 0. The summed E-state index contributed by atoms with van der Waals surface area (Å²) in [5.41, 5.74) is 7.69. The van der Waals surface area contributed by atoms with Crippen molar-refractivity contribution in [3.63, 3.8) is 0 Å². The fraction of sp³-hybridized carbons (Fsp3) is 0.125. The molecule has 0 saturated heterocycles. The summed E-state index contributed by atoms with van der Waals surface area (Å²) < 4.78 is 0. The van der Waals surface area contributed by atoms with Crippen LogP contribution in [0.3, 0.4) is 0 Å². The number of Topliss-reactive ketones (excluding diaryl/α,β-unsaturated/α-hetero) is 2. The van der Waals surface area contributed by atoms with Crippen molar-refractivity contribution in [2.75, 3.05) is 5.73 Å². The minimum atomic E-state index is -0.269. The maximum atomic E-state index is 11.7. The Bertz CT molecular complexity index is 722. The van der Waals surface area contributed by atoms with Gasteiger partial charge in [-0.25, -0.2) is 0 Å². The largest absolute Gasteiger partial charge is 0.396 e. The van der Waals surface area contributed by atoms with Gasteiger partial charge in [0, 0.05) is 5.56 Å². The molecule has 0 fully saturated rings. The number of nitrogens with two attached hydrogens (primary N) is 1. The highest BCUT2D eigenvalue weighted by Gasteiger charge is 2.17. The minimum Gasteiger partial charge on any atom is -0.396 e. The number of rotatable bonds is 4. The molecule has 5 heteroatoms. The van der Waals surface area contributed by atoms with Crippen LogP contribution in [0, 0.1) is 0 Å². The molecule has 0 atom stereocenters. The molecule has 0 bridgehead atoms. The van der Waals surface area contributed by atoms with Crippen molar-refractivity contribution in [3.8, 4) is 0 Å². The van der Waals surface area contributed by atoms with Gasteiger partial charge in [0.1, 0.15) is 5.69 Å². The number of hydrogen-bond acceptors (Lipinski definition) is 5. The van der Waals surface area contributed by atoms with Crippen LogP contribution in [-0.2, 0) is 0 Å². The van der Waals surface area contributed by atoms with Gasteiger partial charge in [-0.05, 0) is 38.1 Å². The standard InChI is InChI=1S/C16H15N3O2/c1-10(20)13-8-9-14(16(17)15(13)11(2)21)19-18-12-6-4-3-5-7-12/h3-9H,17H2,1-2H3. The van der Waals surface area contributed by atoms with Crippen LogP contribution in [0.1, 0.15) is 34.6 Å². The van der Waals surface area contributed by atoms with E-state index in [-0.39, 0.29) is 22.8 Å². The Hall–Kier alpha value is -2.82. The molecule has 0 unspecified atom stereocenters. The van der Waals surface area contributed by atoms with Crippen molar-refractivity contribution in [1.82, 2.24) is 0 Å². The zero-order chi connectivity index (χ0) is 15.4. The Morgan fingerprint density at radius 1 is 0.905 bits per heavy atom. The smallest absolute Gasteiger partial charge is 0.162 e. The lowest BCUT2D eigenvalue weighted by Gasteiger charge is -2.09. The normalized spacial score (nSPS) is 10.8. The molecule has 0 aliphatic heterocycles. The third-order valence-corrected chi connectivity index (χ3v) is 2.98. The van der Waals surface area contributed by atoms with Crippen molar-refractivity contribution in [2.24, 2.45) is 10.2 Å². The van der Waals surface area contributed by atoms with Gasteiger partial charge in [-0.2, -0.15) is 5.11 Å². The van der Waals surface area contributed by atoms with Crippen LogP contribution in [0.5, 0.6) is 0 Å². The van der Waals surface area contributed by atoms with Crippen LogP contribution in [0.4, 0.5) is 17.1 Å². The fourth-order valence-electron chi connectivity index (χ4n) is 1.97. The summed E-state index contributed by atoms with van der Waals surface area (Å²) in [5, 5.41) is 8.12. The van der Waals surface area contributed by atoms with Gasteiger partial charge in [-0.15, -0.1) is 5.11 Å². The average molecular weight is 281 g/mol. The highest BCUT2D eigenvalue weighted by molar-refractivity contribution is 6.11. The Balaban J connectivity index is 2.47. The molecule has 2 aromatic rings. The maximum absolute atomic E-state index is 11.7. The van der Waals surface area contributed by atoms with Gasteiger partial charge in [0.2, 0.25) is 0 Å².